The lowest BCUT2D eigenvalue weighted by Crippen LogP contribution is -2.30. The Labute approximate surface area is 97.7 Å². The molecular formula is C12H23N3O. The Hall–Kier alpha value is -0.870. The summed E-state index contributed by atoms with van der Waals surface area (Å²) in [4.78, 5) is 4.23. The number of aliphatic hydroxyl groups is 1. The van der Waals surface area contributed by atoms with Gasteiger partial charge in [0, 0.05) is 32.4 Å². The molecule has 1 aromatic heterocycles. The van der Waals surface area contributed by atoms with Crippen LogP contribution in [0.1, 0.15) is 26.1 Å². The Morgan fingerprint density at radius 1 is 1.44 bits per heavy atom. The van der Waals surface area contributed by atoms with Gasteiger partial charge in [0.05, 0.1) is 6.10 Å². The molecule has 0 saturated carbocycles. The SMILES string of the molecule is CC(C)CNCC(O)CCc1nccn1C. The molecule has 0 aliphatic carbocycles. The monoisotopic (exact) mass is 225 g/mol. The maximum absolute atomic E-state index is 9.75. The fourth-order valence-corrected chi connectivity index (χ4v) is 1.57. The zero-order valence-corrected chi connectivity index (χ0v) is 10.5. The average molecular weight is 225 g/mol. The quantitative estimate of drug-likeness (QED) is 0.726. The van der Waals surface area contributed by atoms with Crippen molar-refractivity contribution in [2.75, 3.05) is 13.1 Å². The molecule has 92 valence electrons. The predicted octanol–water partition coefficient (Wildman–Crippen LogP) is 0.959. The van der Waals surface area contributed by atoms with Crippen molar-refractivity contribution >= 4 is 0 Å². The van der Waals surface area contributed by atoms with E-state index in [4.69, 9.17) is 0 Å². The third-order valence-corrected chi connectivity index (χ3v) is 2.55. The average Bonchev–Trinajstić information content (AvgIpc) is 2.60. The van der Waals surface area contributed by atoms with Crippen LogP contribution in [0, 0.1) is 5.92 Å². The van der Waals surface area contributed by atoms with Crippen LogP contribution >= 0.6 is 0 Å². The van der Waals surface area contributed by atoms with E-state index < -0.39 is 0 Å². The Bertz CT molecular complexity index is 296. The van der Waals surface area contributed by atoms with Crippen molar-refractivity contribution in [1.29, 1.82) is 0 Å². The second kappa shape index (κ2) is 6.66. The summed E-state index contributed by atoms with van der Waals surface area (Å²) in [5.41, 5.74) is 0. The normalized spacial score (nSPS) is 13.3. The molecular weight excluding hydrogens is 202 g/mol. The number of rotatable bonds is 7. The molecule has 4 heteroatoms. The lowest BCUT2D eigenvalue weighted by atomic mass is 10.1. The van der Waals surface area contributed by atoms with Crippen LogP contribution in [0.25, 0.3) is 0 Å². The number of aryl methyl sites for hydroxylation is 2. The van der Waals surface area contributed by atoms with Crippen molar-refractivity contribution in [2.45, 2.75) is 32.8 Å². The molecule has 1 heterocycles. The van der Waals surface area contributed by atoms with E-state index in [1.165, 1.54) is 0 Å². The molecule has 0 aromatic carbocycles. The Balaban J connectivity index is 2.15. The first-order valence-electron chi connectivity index (χ1n) is 5.94. The largest absolute Gasteiger partial charge is 0.392 e. The molecule has 4 nitrogen and oxygen atoms in total. The minimum atomic E-state index is -0.282. The van der Waals surface area contributed by atoms with E-state index in [0.29, 0.717) is 12.5 Å². The summed E-state index contributed by atoms with van der Waals surface area (Å²) in [6.07, 6.45) is 5.02. The molecule has 0 amide bonds. The van der Waals surface area contributed by atoms with Crippen LogP contribution in [-0.4, -0.2) is 33.9 Å². The van der Waals surface area contributed by atoms with E-state index in [-0.39, 0.29) is 6.10 Å². The summed E-state index contributed by atoms with van der Waals surface area (Å²) in [5.74, 6) is 1.66. The third-order valence-electron chi connectivity index (χ3n) is 2.55. The second-order valence-electron chi connectivity index (χ2n) is 4.70. The van der Waals surface area contributed by atoms with Crippen LogP contribution in [0.4, 0.5) is 0 Å². The number of nitrogens with one attached hydrogen (secondary N) is 1. The predicted molar refractivity (Wildman–Crippen MR) is 65.2 cm³/mol. The Kier molecular flexibility index (Phi) is 5.49. The Morgan fingerprint density at radius 2 is 2.19 bits per heavy atom. The maximum Gasteiger partial charge on any atom is 0.108 e. The molecule has 0 fully saturated rings. The highest BCUT2D eigenvalue weighted by Gasteiger charge is 2.06. The Morgan fingerprint density at radius 3 is 2.75 bits per heavy atom. The van der Waals surface area contributed by atoms with Crippen LogP contribution in [0.15, 0.2) is 12.4 Å². The molecule has 0 radical (unpaired) electrons. The van der Waals surface area contributed by atoms with E-state index in [1.54, 1.807) is 6.20 Å². The molecule has 1 rings (SSSR count). The van der Waals surface area contributed by atoms with Crippen molar-refractivity contribution in [2.24, 2.45) is 13.0 Å². The molecule has 0 bridgehead atoms. The summed E-state index contributed by atoms with van der Waals surface area (Å²) in [7, 11) is 1.98. The zero-order valence-electron chi connectivity index (χ0n) is 10.5. The minimum Gasteiger partial charge on any atom is -0.392 e. The van der Waals surface area contributed by atoms with Gasteiger partial charge in [0.1, 0.15) is 5.82 Å². The fourth-order valence-electron chi connectivity index (χ4n) is 1.57. The maximum atomic E-state index is 9.75. The van der Waals surface area contributed by atoms with Gasteiger partial charge in [-0.15, -0.1) is 0 Å². The number of imidazole rings is 1. The highest BCUT2D eigenvalue weighted by Crippen LogP contribution is 2.02. The number of nitrogens with zero attached hydrogens (tertiary/aromatic N) is 2. The number of hydrogen-bond donors (Lipinski definition) is 2. The van der Waals surface area contributed by atoms with Gasteiger partial charge >= 0.3 is 0 Å². The lowest BCUT2D eigenvalue weighted by molar-refractivity contribution is 0.160. The van der Waals surface area contributed by atoms with Gasteiger partial charge in [-0.05, 0) is 18.9 Å². The first kappa shape index (κ1) is 13.2. The minimum absolute atomic E-state index is 0.282. The summed E-state index contributed by atoms with van der Waals surface area (Å²) in [6.45, 7) is 5.95. The molecule has 16 heavy (non-hydrogen) atoms. The van der Waals surface area contributed by atoms with Gasteiger partial charge in [-0.1, -0.05) is 13.8 Å². The number of aliphatic hydroxyl groups excluding tert-OH is 1. The van der Waals surface area contributed by atoms with Crippen LogP contribution in [0.2, 0.25) is 0 Å². The fraction of sp³-hybridized carbons (Fsp3) is 0.750. The van der Waals surface area contributed by atoms with Crippen LogP contribution in [0.5, 0.6) is 0 Å². The van der Waals surface area contributed by atoms with Gasteiger partial charge in [-0.2, -0.15) is 0 Å². The first-order chi connectivity index (χ1) is 7.59. The van der Waals surface area contributed by atoms with E-state index >= 15 is 0 Å². The summed E-state index contributed by atoms with van der Waals surface area (Å²) in [6, 6.07) is 0. The van der Waals surface area contributed by atoms with E-state index in [1.807, 2.05) is 17.8 Å². The van der Waals surface area contributed by atoms with Gasteiger partial charge in [0.2, 0.25) is 0 Å². The highest BCUT2D eigenvalue weighted by molar-refractivity contribution is 4.91. The van der Waals surface area contributed by atoms with Crippen molar-refractivity contribution in [1.82, 2.24) is 14.9 Å². The van der Waals surface area contributed by atoms with Gasteiger partial charge in [-0.3, -0.25) is 0 Å². The van der Waals surface area contributed by atoms with Crippen molar-refractivity contribution in [3.05, 3.63) is 18.2 Å². The summed E-state index contributed by atoms with van der Waals surface area (Å²) < 4.78 is 1.99. The molecule has 0 spiro atoms. The van der Waals surface area contributed by atoms with E-state index in [9.17, 15) is 5.11 Å². The first-order valence-corrected chi connectivity index (χ1v) is 5.94. The van der Waals surface area contributed by atoms with Gasteiger partial charge < -0.3 is 15.0 Å². The topological polar surface area (TPSA) is 50.1 Å². The molecule has 1 aromatic rings. The van der Waals surface area contributed by atoms with Crippen molar-refractivity contribution < 1.29 is 5.11 Å². The van der Waals surface area contributed by atoms with Crippen LogP contribution in [0.3, 0.4) is 0 Å². The summed E-state index contributed by atoms with van der Waals surface area (Å²) >= 11 is 0. The molecule has 1 unspecified atom stereocenters. The van der Waals surface area contributed by atoms with Crippen LogP contribution < -0.4 is 5.32 Å². The zero-order chi connectivity index (χ0) is 12.0. The number of hydrogen-bond acceptors (Lipinski definition) is 3. The van der Waals surface area contributed by atoms with Crippen molar-refractivity contribution in [3.8, 4) is 0 Å². The molecule has 0 aliphatic rings. The molecule has 1 atom stereocenters. The van der Waals surface area contributed by atoms with Gasteiger partial charge in [0.25, 0.3) is 0 Å². The standard InChI is InChI=1S/C12H23N3O/c1-10(2)8-13-9-11(16)4-5-12-14-6-7-15(12)3/h6-7,10-11,13,16H,4-5,8-9H2,1-3H3. The lowest BCUT2D eigenvalue weighted by Gasteiger charge is -2.12. The molecule has 2 N–H and O–H groups in total. The van der Waals surface area contributed by atoms with Crippen molar-refractivity contribution in [3.63, 3.8) is 0 Å². The third kappa shape index (κ3) is 4.77. The van der Waals surface area contributed by atoms with Crippen LogP contribution in [-0.2, 0) is 13.5 Å². The smallest absolute Gasteiger partial charge is 0.108 e. The summed E-state index contributed by atoms with van der Waals surface area (Å²) in [5, 5.41) is 13.0. The number of aromatic nitrogens is 2. The van der Waals surface area contributed by atoms with E-state index in [2.05, 4.69) is 24.1 Å². The highest BCUT2D eigenvalue weighted by atomic mass is 16.3. The van der Waals surface area contributed by atoms with E-state index in [0.717, 1.165) is 25.2 Å². The molecule has 0 saturated heterocycles. The van der Waals surface area contributed by atoms with Gasteiger partial charge in [-0.25, -0.2) is 4.98 Å². The molecule has 0 aliphatic heterocycles. The van der Waals surface area contributed by atoms with Gasteiger partial charge in [0.15, 0.2) is 0 Å². The second-order valence-corrected chi connectivity index (χ2v) is 4.70.